The molecule has 0 fully saturated rings. The molecular weight excluding hydrogens is 420 g/mol. The van der Waals surface area contributed by atoms with Crippen LogP contribution >= 0.6 is 0 Å². The maximum Gasteiger partial charge on any atom is 0.322 e. The first-order valence-electron chi connectivity index (χ1n) is 10.2. The SMILES string of the molecule is COc1nc(/C=C\Nc2ccc3c(c2)OCCOCCOCCOCCO3)nc(OC)n1. The van der Waals surface area contributed by atoms with Gasteiger partial charge in [-0.3, -0.25) is 0 Å². The quantitative estimate of drug-likeness (QED) is 0.722. The highest BCUT2D eigenvalue weighted by Crippen LogP contribution is 2.30. The fourth-order valence-corrected chi connectivity index (χ4v) is 2.62. The molecule has 11 nitrogen and oxygen atoms in total. The Bertz CT molecular complexity index is 844. The summed E-state index contributed by atoms with van der Waals surface area (Å²) in [6, 6.07) is 5.89. The Labute approximate surface area is 186 Å². The van der Waals surface area contributed by atoms with Crippen molar-refractivity contribution in [2.45, 2.75) is 0 Å². The van der Waals surface area contributed by atoms with E-state index in [-0.39, 0.29) is 12.0 Å². The van der Waals surface area contributed by atoms with Crippen LogP contribution in [0.1, 0.15) is 5.82 Å². The van der Waals surface area contributed by atoms with E-state index in [4.69, 9.17) is 33.2 Å². The highest BCUT2D eigenvalue weighted by Gasteiger charge is 2.08. The van der Waals surface area contributed by atoms with Crippen LogP contribution in [0.25, 0.3) is 6.08 Å². The van der Waals surface area contributed by atoms with Crippen molar-refractivity contribution in [2.75, 3.05) is 72.4 Å². The Morgan fingerprint density at radius 2 is 1.31 bits per heavy atom. The summed E-state index contributed by atoms with van der Waals surface area (Å²) in [6.45, 7) is 3.77. The van der Waals surface area contributed by atoms with Crippen LogP contribution in [0.15, 0.2) is 24.4 Å². The van der Waals surface area contributed by atoms with Crippen molar-refractivity contribution < 1.29 is 33.2 Å². The molecule has 0 amide bonds. The number of methoxy groups -OCH3 is 2. The lowest BCUT2D eigenvalue weighted by molar-refractivity contribution is 0.00708. The fourth-order valence-electron chi connectivity index (χ4n) is 2.62. The molecule has 174 valence electrons. The van der Waals surface area contributed by atoms with Crippen LogP contribution in [-0.2, 0) is 14.2 Å². The molecular formula is C21H28N4O7. The van der Waals surface area contributed by atoms with Gasteiger partial charge in [0.1, 0.15) is 13.2 Å². The van der Waals surface area contributed by atoms with Crippen LogP contribution in [0.3, 0.4) is 0 Å². The molecule has 0 bridgehead atoms. The van der Waals surface area contributed by atoms with Gasteiger partial charge in [0.05, 0.1) is 53.9 Å². The van der Waals surface area contributed by atoms with Crippen LogP contribution < -0.4 is 24.3 Å². The van der Waals surface area contributed by atoms with Crippen LogP contribution in [0.5, 0.6) is 23.5 Å². The highest BCUT2D eigenvalue weighted by molar-refractivity contribution is 5.58. The zero-order valence-electron chi connectivity index (χ0n) is 18.2. The van der Waals surface area contributed by atoms with Gasteiger partial charge in [-0.25, -0.2) is 0 Å². The van der Waals surface area contributed by atoms with E-state index >= 15 is 0 Å². The van der Waals surface area contributed by atoms with Gasteiger partial charge in [0, 0.05) is 18.0 Å². The third-order valence-corrected chi connectivity index (χ3v) is 4.12. The van der Waals surface area contributed by atoms with E-state index in [1.165, 1.54) is 14.2 Å². The number of aromatic nitrogens is 3. The van der Waals surface area contributed by atoms with Crippen molar-refractivity contribution in [1.29, 1.82) is 0 Å². The van der Waals surface area contributed by atoms with Crippen molar-refractivity contribution in [2.24, 2.45) is 0 Å². The number of hydrogen-bond donors (Lipinski definition) is 1. The number of hydrogen-bond acceptors (Lipinski definition) is 11. The first kappa shape index (κ1) is 23.5. The van der Waals surface area contributed by atoms with Crippen LogP contribution in [0, 0.1) is 0 Å². The first-order chi connectivity index (χ1) is 15.8. The number of anilines is 1. The molecule has 0 aliphatic carbocycles. The predicted molar refractivity (Wildman–Crippen MR) is 115 cm³/mol. The lowest BCUT2D eigenvalue weighted by Gasteiger charge is -2.14. The number of benzene rings is 1. The molecule has 32 heavy (non-hydrogen) atoms. The minimum Gasteiger partial charge on any atom is -0.487 e. The maximum atomic E-state index is 5.87. The lowest BCUT2D eigenvalue weighted by Crippen LogP contribution is -2.13. The molecule has 1 aliphatic rings. The normalized spacial score (nSPS) is 16.1. The van der Waals surface area contributed by atoms with Crippen LogP contribution in [0.2, 0.25) is 0 Å². The second-order valence-electron chi connectivity index (χ2n) is 6.34. The van der Waals surface area contributed by atoms with Crippen molar-refractivity contribution >= 4 is 11.8 Å². The largest absolute Gasteiger partial charge is 0.487 e. The molecule has 1 aliphatic heterocycles. The van der Waals surface area contributed by atoms with E-state index in [1.807, 2.05) is 18.2 Å². The minimum atomic E-state index is 0.168. The fraction of sp³-hybridized carbons (Fsp3) is 0.476. The summed E-state index contributed by atoms with van der Waals surface area (Å²) in [7, 11) is 2.95. The first-order valence-corrected chi connectivity index (χ1v) is 10.2. The number of nitrogens with zero attached hydrogens (tertiary/aromatic N) is 3. The monoisotopic (exact) mass is 448 g/mol. The molecule has 3 rings (SSSR count). The van der Waals surface area contributed by atoms with Crippen molar-refractivity contribution in [3.63, 3.8) is 0 Å². The van der Waals surface area contributed by atoms with Crippen LogP contribution in [0.4, 0.5) is 5.69 Å². The summed E-state index contributed by atoms with van der Waals surface area (Å²) in [5, 5.41) is 3.16. The highest BCUT2D eigenvalue weighted by atomic mass is 16.6. The molecule has 1 aromatic carbocycles. The molecule has 0 unspecified atom stereocenters. The van der Waals surface area contributed by atoms with Gasteiger partial charge in [-0.2, -0.15) is 9.97 Å². The summed E-state index contributed by atoms with van der Waals surface area (Å²) in [5.41, 5.74) is 0.792. The maximum absolute atomic E-state index is 5.87. The molecule has 0 saturated heterocycles. The van der Waals surface area contributed by atoms with Crippen LogP contribution in [-0.4, -0.2) is 82.0 Å². The smallest absolute Gasteiger partial charge is 0.322 e. The molecule has 0 saturated carbocycles. The average Bonchev–Trinajstić information content (AvgIpc) is 2.83. The summed E-state index contributed by atoms with van der Waals surface area (Å²) in [4.78, 5) is 12.3. The Kier molecular flexibility index (Phi) is 9.77. The van der Waals surface area contributed by atoms with E-state index in [9.17, 15) is 0 Å². The number of nitrogens with one attached hydrogen (secondary N) is 1. The Morgan fingerprint density at radius 1 is 0.750 bits per heavy atom. The summed E-state index contributed by atoms with van der Waals surface area (Å²) in [6.07, 6.45) is 3.37. The van der Waals surface area contributed by atoms with Gasteiger partial charge in [0.15, 0.2) is 17.3 Å². The minimum absolute atomic E-state index is 0.168. The standard InChI is InChI=1S/C21H28N4O7/c1-26-20-23-19(24-21(25-20)27-2)5-6-22-16-3-4-17-18(15-16)32-14-12-30-10-8-28-7-9-29-11-13-31-17/h3-6,15,22H,7-14H2,1-2H3/b6-5-. The van der Waals surface area contributed by atoms with Gasteiger partial charge in [0.2, 0.25) is 0 Å². The molecule has 0 atom stereocenters. The molecule has 0 radical (unpaired) electrons. The lowest BCUT2D eigenvalue weighted by atomic mass is 10.2. The second-order valence-corrected chi connectivity index (χ2v) is 6.34. The molecule has 1 aromatic heterocycles. The van der Waals surface area contributed by atoms with E-state index in [1.54, 1.807) is 12.3 Å². The van der Waals surface area contributed by atoms with Gasteiger partial charge in [-0.15, -0.1) is 4.98 Å². The zero-order valence-corrected chi connectivity index (χ0v) is 18.2. The summed E-state index contributed by atoms with van der Waals surface area (Å²) in [5.74, 6) is 1.61. The number of rotatable bonds is 5. The zero-order chi connectivity index (χ0) is 22.4. The Hall–Kier alpha value is -3.15. The van der Waals surface area contributed by atoms with E-state index in [0.717, 1.165) is 5.69 Å². The number of fused-ring (bicyclic) bond motifs is 1. The van der Waals surface area contributed by atoms with Crippen molar-refractivity contribution in [3.8, 4) is 23.5 Å². The molecule has 2 heterocycles. The van der Waals surface area contributed by atoms with Gasteiger partial charge < -0.3 is 38.5 Å². The average molecular weight is 448 g/mol. The van der Waals surface area contributed by atoms with Gasteiger partial charge in [-0.1, -0.05) is 0 Å². The van der Waals surface area contributed by atoms with E-state index in [2.05, 4.69) is 20.3 Å². The molecule has 1 N–H and O–H groups in total. The summed E-state index contributed by atoms with van der Waals surface area (Å²) >= 11 is 0. The molecule has 2 aromatic rings. The predicted octanol–water partition coefficient (Wildman–Crippen LogP) is 1.79. The second kappa shape index (κ2) is 13.3. The van der Waals surface area contributed by atoms with Gasteiger partial charge in [-0.05, 0) is 18.2 Å². The topological polar surface area (TPSA) is 115 Å². The van der Waals surface area contributed by atoms with Gasteiger partial charge in [0.25, 0.3) is 0 Å². The summed E-state index contributed by atoms with van der Waals surface area (Å²) < 4.78 is 38.2. The van der Waals surface area contributed by atoms with E-state index < -0.39 is 0 Å². The molecule has 11 heteroatoms. The third-order valence-electron chi connectivity index (χ3n) is 4.12. The Morgan fingerprint density at radius 3 is 1.91 bits per heavy atom. The van der Waals surface area contributed by atoms with Gasteiger partial charge >= 0.3 is 12.0 Å². The molecule has 0 spiro atoms. The Balaban J connectivity index is 1.65. The number of ether oxygens (including phenoxy) is 7. The van der Waals surface area contributed by atoms with E-state index in [0.29, 0.717) is 70.2 Å². The van der Waals surface area contributed by atoms with Crippen molar-refractivity contribution in [1.82, 2.24) is 15.0 Å². The third kappa shape index (κ3) is 7.84. The van der Waals surface area contributed by atoms with Crippen molar-refractivity contribution in [3.05, 3.63) is 30.2 Å².